The highest BCUT2D eigenvalue weighted by molar-refractivity contribution is 9.11. The molecular weight excluding hydrogens is 414 g/mol. The highest BCUT2D eigenvalue weighted by Crippen LogP contribution is 2.33. The number of carbonyl (C=O) groups is 1. The summed E-state index contributed by atoms with van der Waals surface area (Å²) >= 11 is 5.19. The molecule has 136 valence electrons. The fourth-order valence-corrected chi connectivity index (χ4v) is 4.88. The van der Waals surface area contributed by atoms with Crippen LogP contribution in [0.5, 0.6) is 0 Å². The van der Waals surface area contributed by atoms with Gasteiger partial charge in [0.1, 0.15) is 5.69 Å². The molecule has 1 saturated heterocycles. The van der Waals surface area contributed by atoms with Crippen molar-refractivity contribution in [1.82, 2.24) is 14.9 Å². The number of nitrogens with zero attached hydrogens (tertiary/aromatic N) is 2. The van der Waals surface area contributed by atoms with Crippen molar-refractivity contribution in [3.63, 3.8) is 0 Å². The number of aromatic nitrogens is 2. The first-order chi connectivity index (χ1) is 12.7. The van der Waals surface area contributed by atoms with Crippen molar-refractivity contribution < 1.29 is 9.53 Å². The summed E-state index contributed by atoms with van der Waals surface area (Å²) in [6.07, 6.45) is 5.25. The van der Waals surface area contributed by atoms with E-state index >= 15 is 0 Å². The lowest BCUT2D eigenvalue weighted by molar-refractivity contribution is 0.00637. The summed E-state index contributed by atoms with van der Waals surface area (Å²) in [7, 11) is 0. The molecule has 0 saturated carbocycles. The molecule has 1 aliphatic heterocycles. The van der Waals surface area contributed by atoms with Crippen LogP contribution < -0.4 is 5.32 Å². The van der Waals surface area contributed by atoms with Crippen LogP contribution in [0.2, 0.25) is 0 Å². The number of ether oxygens (including phenoxy) is 1. The molecule has 7 heteroatoms. The fourth-order valence-electron chi connectivity index (χ4n) is 3.32. The molecule has 26 heavy (non-hydrogen) atoms. The molecule has 3 aromatic rings. The first-order valence-corrected chi connectivity index (χ1v) is 10.4. The van der Waals surface area contributed by atoms with Crippen molar-refractivity contribution in [2.75, 3.05) is 6.61 Å². The maximum atomic E-state index is 12.8. The fraction of sp³-hybridized carbons (Fsp3) is 0.368. The summed E-state index contributed by atoms with van der Waals surface area (Å²) in [4.78, 5) is 17.1. The Balaban J connectivity index is 1.57. The summed E-state index contributed by atoms with van der Waals surface area (Å²) in [5, 5.41) is 2.99. The van der Waals surface area contributed by atoms with Crippen molar-refractivity contribution in [2.45, 2.75) is 38.5 Å². The zero-order valence-electron chi connectivity index (χ0n) is 14.3. The van der Waals surface area contributed by atoms with E-state index in [1.807, 2.05) is 24.3 Å². The van der Waals surface area contributed by atoms with Crippen LogP contribution in [0.25, 0.3) is 10.2 Å². The number of hydrogen-bond donors (Lipinski definition) is 1. The van der Waals surface area contributed by atoms with Gasteiger partial charge in [0.25, 0.3) is 5.91 Å². The SMILES string of the molecule is O=C(NCc1ccccn1)c1cc2sc(Br)cc2n1C[C@@H]1CCCCO1. The summed E-state index contributed by atoms with van der Waals surface area (Å²) in [5.41, 5.74) is 2.61. The van der Waals surface area contributed by atoms with Crippen LogP contribution in [0, 0.1) is 0 Å². The Bertz CT molecular complexity index is 900. The number of nitrogens with one attached hydrogen (secondary N) is 1. The summed E-state index contributed by atoms with van der Waals surface area (Å²) in [5.74, 6) is -0.0778. The maximum Gasteiger partial charge on any atom is 0.268 e. The number of pyridine rings is 1. The van der Waals surface area contributed by atoms with Crippen molar-refractivity contribution in [3.05, 3.63) is 51.7 Å². The molecule has 1 amide bonds. The zero-order valence-corrected chi connectivity index (χ0v) is 16.7. The lowest BCUT2D eigenvalue weighted by atomic mass is 10.1. The smallest absolute Gasteiger partial charge is 0.268 e. The van der Waals surface area contributed by atoms with Gasteiger partial charge in [0.2, 0.25) is 0 Å². The maximum absolute atomic E-state index is 12.8. The van der Waals surface area contributed by atoms with Gasteiger partial charge in [-0.05, 0) is 59.5 Å². The Labute approximate surface area is 164 Å². The first-order valence-electron chi connectivity index (χ1n) is 8.79. The monoisotopic (exact) mass is 433 g/mol. The van der Waals surface area contributed by atoms with E-state index in [-0.39, 0.29) is 12.0 Å². The van der Waals surface area contributed by atoms with Gasteiger partial charge in [0, 0.05) is 19.3 Å². The molecule has 1 atom stereocenters. The molecule has 0 spiro atoms. The third-order valence-electron chi connectivity index (χ3n) is 4.61. The largest absolute Gasteiger partial charge is 0.376 e. The van der Waals surface area contributed by atoms with Crippen LogP contribution in [0.4, 0.5) is 0 Å². The van der Waals surface area contributed by atoms with Crippen LogP contribution in [-0.4, -0.2) is 28.2 Å². The molecule has 1 fully saturated rings. The Morgan fingerprint density at radius 1 is 1.38 bits per heavy atom. The third-order valence-corrected chi connectivity index (χ3v) is 6.18. The summed E-state index contributed by atoms with van der Waals surface area (Å²) < 4.78 is 10.2. The van der Waals surface area contributed by atoms with Crippen LogP contribution in [0.3, 0.4) is 0 Å². The highest BCUT2D eigenvalue weighted by atomic mass is 79.9. The van der Waals surface area contributed by atoms with Gasteiger partial charge in [-0.1, -0.05) is 6.07 Å². The second-order valence-electron chi connectivity index (χ2n) is 6.43. The number of carbonyl (C=O) groups excluding carboxylic acids is 1. The van der Waals surface area contributed by atoms with E-state index < -0.39 is 0 Å². The number of rotatable bonds is 5. The second kappa shape index (κ2) is 7.90. The third kappa shape index (κ3) is 3.84. The molecule has 0 aliphatic carbocycles. The van der Waals surface area contributed by atoms with E-state index in [2.05, 4.69) is 36.9 Å². The Morgan fingerprint density at radius 2 is 2.31 bits per heavy atom. The number of amides is 1. The normalized spacial score (nSPS) is 17.5. The van der Waals surface area contributed by atoms with Crippen molar-refractivity contribution in [1.29, 1.82) is 0 Å². The molecule has 4 rings (SSSR count). The van der Waals surface area contributed by atoms with E-state index in [0.29, 0.717) is 18.8 Å². The van der Waals surface area contributed by atoms with Crippen LogP contribution >= 0.6 is 27.3 Å². The van der Waals surface area contributed by atoms with Gasteiger partial charge < -0.3 is 14.6 Å². The second-order valence-corrected chi connectivity index (χ2v) is 8.90. The molecule has 1 N–H and O–H groups in total. The number of hydrogen-bond acceptors (Lipinski definition) is 4. The number of fused-ring (bicyclic) bond motifs is 1. The highest BCUT2D eigenvalue weighted by Gasteiger charge is 2.22. The minimum absolute atomic E-state index is 0.0778. The Hall–Kier alpha value is -1.70. The van der Waals surface area contributed by atoms with Gasteiger partial charge in [-0.25, -0.2) is 0 Å². The van der Waals surface area contributed by atoms with Crippen molar-refractivity contribution in [2.24, 2.45) is 0 Å². The van der Waals surface area contributed by atoms with Gasteiger partial charge in [-0.3, -0.25) is 9.78 Å². The lowest BCUT2D eigenvalue weighted by Gasteiger charge is -2.24. The van der Waals surface area contributed by atoms with Crippen LogP contribution in [0.15, 0.2) is 40.3 Å². The first kappa shape index (κ1) is 17.7. The summed E-state index contributed by atoms with van der Waals surface area (Å²) in [6, 6.07) is 9.75. The van der Waals surface area contributed by atoms with Gasteiger partial charge in [-0.2, -0.15) is 0 Å². The average molecular weight is 434 g/mol. The minimum Gasteiger partial charge on any atom is -0.376 e. The number of thiophene rings is 1. The Morgan fingerprint density at radius 3 is 3.08 bits per heavy atom. The van der Waals surface area contributed by atoms with Crippen LogP contribution in [-0.2, 0) is 17.8 Å². The average Bonchev–Trinajstić information content (AvgIpc) is 3.19. The van der Waals surface area contributed by atoms with E-state index in [0.717, 1.165) is 39.1 Å². The van der Waals surface area contributed by atoms with Gasteiger partial charge in [-0.15, -0.1) is 11.3 Å². The molecule has 0 aromatic carbocycles. The van der Waals surface area contributed by atoms with Gasteiger partial charge >= 0.3 is 0 Å². The van der Waals surface area contributed by atoms with E-state index in [9.17, 15) is 4.79 Å². The summed E-state index contributed by atoms with van der Waals surface area (Å²) in [6.45, 7) is 1.94. The molecular formula is C19H20BrN3O2S. The standard InChI is InChI=1S/C19H20BrN3O2S/c20-18-10-15-17(26-18)9-16(23(15)12-14-6-2-4-8-25-14)19(24)22-11-13-5-1-3-7-21-13/h1,3,5,7,9-10,14H,2,4,6,8,11-12H2,(H,22,24)/t14-/m0/s1. The molecule has 3 aromatic heterocycles. The predicted octanol–water partition coefficient (Wildman–Crippen LogP) is 4.36. The number of halogens is 1. The van der Waals surface area contributed by atoms with Gasteiger partial charge in [0.15, 0.2) is 0 Å². The molecule has 4 heterocycles. The molecule has 0 radical (unpaired) electrons. The Kier molecular flexibility index (Phi) is 5.38. The predicted molar refractivity (Wildman–Crippen MR) is 107 cm³/mol. The lowest BCUT2D eigenvalue weighted by Crippen LogP contribution is -2.29. The topological polar surface area (TPSA) is 56.2 Å². The molecule has 1 aliphatic rings. The minimum atomic E-state index is -0.0778. The van der Waals surface area contributed by atoms with Crippen molar-refractivity contribution >= 4 is 43.4 Å². The van der Waals surface area contributed by atoms with Crippen molar-refractivity contribution in [3.8, 4) is 0 Å². The van der Waals surface area contributed by atoms with Crippen LogP contribution in [0.1, 0.15) is 35.4 Å². The molecule has 0 unspecified atom stereocenters. The zero-order chi connectivity index (χ0) is 17.9. The molecule has 5 nitrogen and oxygen atoms in total. The molecule has 0 bridgehead atoms. The van der Waals surface area contributed by atoms with E-state index in [1.165, 1.54) is 6.42 Å². The van der Waals surface area contributed by atoms with E-state index in [4.69, 9.17) is 4.74 Å². The van der Waals surface area contributed by atoms with E-state index in [1.54, 1.807) is 17.5 Å². The van der Waals surface area contributed by atoms with Gasteiger partial charge in [0.05, 0.1) is 32.3 Å². The quantitative estimate of drug-likeness (QED) is 0.649.